The number of anilines is 2. The number of methoxy groups -OCH3 is 1. The number of halogens is 1. The molecule has 2 aromatic carbocycles. The van der Waals surface area contributed by atoms with E-state index in [2.05, 4.69) is 47.6 Å². The molecule has 342 valence electrons. The number of likely N-dealkylation sites (N-methyl/N-ethyl adjacent to an activating group) is 2. The molecule has 2 saturated heterocycles. The summed E-state index contributed by atoms with van der Waals surface area (Å²) >= 11 is 2.15. The molecule has 0 spiro atoms. The number of nitrogen functional groups attached to an aromatic ring is 2. The molecular formula is C44H56BIN14O5. The normalized spacial score (nSPS) is 16.2. The van der Waals surface area contributed by atoms with Crippen LogP contribution in [0.3, 0.4) is 0 Å². The van der Waals surface area contributed by atoms with Crippen LogP contribution in [0.2, 0.25) is 0 Å². The highest BCUT2D eigenvalue weighted by Gasteiger charge is 2.31. The second-order valence-corrected chi connectivity index (χ2v) is 17.3. The Morgan fingerprint density at radius 1 is 0.800 bits per heavy atom. The molecule has 21 heteroatoms. The van der Waals surface area contributed by atoms with Gasteiger partial charge in [-0.1, -0.05) is 54.1 Å². The molecule has 6 aromatic rings. The Morgan fingerprint density at radius 2 is 1.34 bits per heavy atom. The van der Waals surface area contributed by atoms with Gasteiger partial charge in [-0.15, -0.1) is 0 Å². The number of nitrogens with two attached hydrogens (primary N) is 2. The standard InChI is InChI=1S/C22H27N7O2.C15H20IN7O.C7H9BO2/c1-27(2)10-5-8-18(30)28-11-9-16(13-28)29-22-19(21(23)24-14-25-22)20(26-29)15-6-4-7-17(12-15)31-3;1-21(2)6-3-4-11(24)22-7-5-10(8-22)23-15-12(13(16)20-23)14(17)18-9-19-15;1-6-3-2-4-7(5-6)8(9)10/h4-8,12,14,16H,9-11,13H2,1-3H3,(H2,23,24,25);3-4,9-10H,5-8H2,1-2H3,(H2,17,18,19);2-5,9-10H,1H3/b8-5+;4-3+;/t16-;10-;/m11./s1. The van der Waals surface area contributed by atoms with Crippen molar-refractivity contribution in [1.82, 2.24) is 59.1 Å². The predicted molar refractivity (Wildman–Crippen MR) is 261 cm³/mol. The van der Waals surface area contributed by atoms with Crippen LogP contribution in [0.25, 0.3) is 33.3 Å². The minimum absolute atomic E-state index is 0.0161. The number of nitrogens with zero attached hydrogens (tertiary/aromatic N) is 12. The number of carbonyl (C=O) groups is 2. The van der Waals surface area contributed by atoms with Crippen LogP contribution in [0.1, 0.15) is 30.5 Å². The number of amides is 2. The zero-order valence-electron chi connectivity index (χ0n) is 37.5. The van der Waals surface area contributed by atoms with Gasteiger partial charge in [0.15, 0.2) is 11.3 Å². The number of benzene rings is 2. The summed E-state index contributed by atoms with van der Waals surface area (Å²) in [5, 5.41) is 28.4. The van der Waals surface area contributed by atoms with Crippen LogP contribution in [0.4, 0.5) is 11.6 Å². The molecule has 0 aliphatic carbocycles. The lowest BCUT2D eigenvalue weighted by atomic mass is 9.80. The van der Waals surface area contributed by atoms with Crippen LogP contribution in [0, 0.1) is 10.6 Å². The molecule has 2 aliphatic rings. The molecule has 2 fully saturated rings. The van der Waals surface area contributed by atoms with Crippen molar-refractivity contribution >= 4 is 80.7 Å². The molecule has 65 heavy (non-hydrogen) atoms. The van der Waals surface area contributed by atoms with Crippen LogP contribution in [0.15, 0.2) is 85.5 Å². The van der Waals surface area contributed by atoms with E-state index in [0.717, 1.165) is 57.5 Å². The second-order valence-electron chi connectivity index (χ2n) is 16.2. The van der Waals surface area contributed by atoms with Crippen molar-refractivity contribution in [3.8, 4) is 17.0 Å². The number of hydrogen-bond donors (Lipinski definition) is 4. The van der Waals surface area contributed by atoms with E-state index in [9.17, 15) is 9.59 Å². The van der Waals surface area contributed by atoms with Crippen LogP contribution < -0.4 is 21.7 Å². The molecule has 0 bridgehead atoms. The average Bonchev–Trinajstić information content (AvgIpc) is 4.10. The number of ether oxygens (including phenoxy) is 1. The summed E-state index contributed by atoms with van der Waals surface area (Å²) in [6, 6.07) is 14.9. The summed E-state index contributed by atoms with van der Waals surface area (Å²) in [6.45, 7) is 5.98. The average molecular weight is 999 g/mol. The summed E-state index contributed by atoms with van der Waals surface area (Å²) in [7, 11) is 8.16. The van der Waals surface area contributed by atoms with Crippen LogP contribution in [-0.2, 0) is 9.59 Å². The first-order valence-corrected chi connectivity index (χ1v) is 22.1. The largest absolute Gasteiger partial charge is 0.497 e. The molecule has 19 nitrogen and oxygen atoms in total. The fourth-order valence-electron chi connectivity index (χ4n) is 7.48. The number of fused-ring (bicyclic) bond motifs is 2. The highest BCUT2D eigenvalue weighted by atomic mass is 127. The Bertz CT molecular complexity index is 2650. The molecule has 8 rings (SSSR count). The molecule has 6 heterocycles. The van der Waals surface area contributed by atoms with Gasteiger partial charge in [-0.05, 0) is 88.1 Å². The fourth-order valence-corrected chi connectivity index (χ4v) is 8.23. The topological polar surface area (TPSA) is 236 Å². The van der Waals surface area contributed by atoms with Crippen LogP contribution in [0.5, 0.6) is 5.75 Å². The fraction of sp³-hybridized carbons (Fsp3) is 0.364. The van der Waals surface area contributed by atoms with Crippen LogP contribution >= 0.6 is 22.6 Å². The number of likely N-dealkylation sites (tertiary alicyclic amines) is 2. The highest BCUT2D eigenvalue weighted by molar-refractivity contribution is 14.1. The molecule has 2 amide bonds. The Morgan fingerprint density at radius 3 is 1.86 bits per heavy atom. The van der Waals surface area contributed by atoms with E-state index in [4.69, 9.17) is 31.4 Å². The van der Waals surface area contributed by atoms with Gasteiger partial charge in [0.05, 0.1) is 30.0 Å². The Balaban J connectivity index is 0.000000182. The number of hydrogen-bond acceptors (Lipinski definition) is 15. The molecule has 0 saturated carbocycles. The SMILES string of the molecule is CN(C)C/C=C/C(=O)N1CC[C@@H](n2nc(I)c3c(N)ncnc32)C1.COc1cccc(-c2nn([C@@H]3CCN(C(=O)/C=C/CN(C)C)C3)c3ncnc(N)c23)c1.Cc1cccc(B(O)O)c1. The van der Waals surface area contributed by atoms with Gasteiger partial charge in [0, 0.05) is 57.0 Å². The van der Waals surface area contributed by atoms with Gasteiger partial charge in [0.25, 0.3) is 0 Å². The van der Waals surface area contributed by atoms with E-state index in [0.29, 0.717) is 60.0 Å². The van der Waals surface area contributed by atoms with Crippen LogP contribution in [-0.4, -0.2) is 163 Å². The zero-order valence-corrected chi connectivity index (χ0v) is 39.6. The molecule has 2 atom stereocenters. The third-order valence-corrected chi connectivity index (χ3v) is 11.5. The smallest absolute Gasteiger partial charge is 0.488 e. The molecule has 6 N–H and O–H groups in total. The van der Waals surface area contributed by atoms with Crippen molar-refractivity contribution in [1.29, 1.82) is 0 Å². The number of aryl methyl sites for hydroxylation is 1. The maximum absolute atomic E-state index is 12.6. The lowest BCUT2D eigenvalue weighted by molar-refractivity contribution is -0.125. The minimum Gasteiger partial charge on any atom is -0.497 e. The predicted octanol–water partition coefficient (Wildman–Crippen LogP) is 2.55. The van der Waals surface area contributed by atoms with Gasteiger partial charge >= 0.3 is 7.12 Å². The van der Waals surface area contributed by atoms with E-state index >= 15 is 0 Å². The molecule has 2 aliphatic heterocycles. The van der Waals surface area contributed by atoms with Gasteiger partial charge in [0.1, 0.15) is 39.4 Å². The first kappa shape index (κ1) is 48.5. The van der Waals surface area contributed by atoms with Crippen molar-refractivity contribution in [2.45, 2.75) is 31.8 Å². The van der Waals surface area contributed by atoms with E-state index in [1.54, 1.807) is 37.5 Å². The van der Waals surface area contributed by atoms with Gasteiger partial charge in [0.2, 0.25) is 11.8 Å². The lowest BCUT2D eigenvalue weighted by Gasteiger charge is -2.15. The van der Waals surface area contributed by atoms with E-state index < -0.39 is 7.12 Å². The molecule has 0 radical (unpaired) electrons. The van der Waals surface area contributed by atoms with Crippen molar-refractivity contribution in [2.24, 2.45) is 0 Å². The van der Waals surface area contributed by atoms with Crippen molar-refractivity contribution in [2.75, 3.05) is 86.0 Å². The molecule has 0 unspecified atom stereocenters. The minimum atomic E-state index is -1.35. The number of carbonyl (C=O) groups excluding carboxylic acids is 2. The first-order valence-electron chi connectivity index (χ1n) is 21.0. The maximum Gasteiger partial charge on any atom is 0.488 e. The Labute approximate surface area is 392 Å². The van der Waals surface area contributed by atoms with Gasteiger partial charge in [-0.2, -0.15) is 10.2 Å². The van der Waals surface area contributed by atoms with Gasteiger partial charge in [-0.25, -0.2) is 29.3 Å². The summed E-state index contributed by atoms with van der Waals surface area (Å²) in [6.07, 6.45) is 11.6. The maximum atomic E-state index is 12.6. The summed E-state index contributed by atoms with van der Waals surface area (Å²) in [5.41, 5.74) is 16.7. The van der Waals surface area contributed by atoms with E-state index in [-0.39, 0.29) is 23.9 Å². The monoisotopic (exact) mass is 998 g/mol. The second kappa shape index (κ2) is 22.3. The van der Waals surface area contributed by atoms with Crippen molar-refractivity contribution in [3.63, 3.8) is 0 Å². The quantitative estimate of drug-likeness (QED) is 0.0830. The van der Waals surface area contributed by atoms with Crippen molar-refractivity contribution in [3.05, 3.63) is 94.8 Å². The zero-order chi connectivity index (χ0) is 46.8. The van der Waals surface area contributed by atoms with E-state index in [1.165, 1.54) is 12.7 Å². The van der Waals surface area contributed by atoms with Gasteiger partial charge < -0.3 is 45.9 Å². The van der Waals surface area contributed by atoms with E-state index in [1.807, 2.05) is 107 Å². The summed E-state index contributed by atoms with van der Waals surface area (Å²) in [5.74, 6) is 1.61. The summed E-state index contributed by atoms with van der Waals surface area (Å²) in [4.78, 5) is 49.5. The highest BCUT2D eigenvalue weighted by Crippen LogP contribution is 2.35. The number of rotatable bonds is 11. The summed E-state index contributed by atoms with van der Waals surface area (Å²) < 4.78 is 9.92. The molecular weight excluding hydrogens is 942 g/mol. The molecule has 4 aromatic heterocycles. The third kappa shape index (κ3) is 12.2. The van der Waals surface area contributed by atoms with Gasteiger partial charge in [-0.3, -0.25) is 9.59 Å². The Hall–Kier alpha value is -6.01. The first-order chi connectivity index (χ1) is 31.1. The third-order valence-electron chi connectivity index (χ3n) is 10.8. The van der Waals surface area contributed by atoms with Crippen molar-refractivity contribution < 1.29 is 24.4 Å². The lowest BCUT2D eigenvalue weighted by Crippen LogP contribution is -2.29. The number of aromatic nitrogens is 8. The Kier molecular flexibility index (Phi) is 16.6.